The van der Waals surface area contributed by atoms with Crippen LogP contribution in [0, 0.1) is 17.5 Å². The number of hydrogen-bond acceptors (Lipinski definition) is 4. The Hall–Kier alpha value is -2.62. The summed E-state index contributed by atoms with van der Waals surface area (Å²) in [6.45, 7) is 0.645. The van der Waals surface area contributed by atoms with Crippen molar-refractivity contribution in [1.29, 1.82) is 0 Å². The van der Waals surface area contributed by atoms with Crippen molar-refractivity contribution in [3.63, 3.8) is 0 Å². The normalized spacial score (nSPS) is 12.2. The van der Waals surface area contributed by atoms with Gasteiger partial charge in [-0.2, -0.15) is 0 Å². The molecule has 6 nitrogen and oxygen atoms in total. The van der Waals surface area contributed by atoms with Crippen LogP contribution in [0.4, 0.5) is 18.9 Å². The smallest absolute Gasteiger partial charge is 0.184 e. The van der Waals surface area contributed by atoms with Crippen molar-refractivity contribution in [2.75, 3.05) is 20.6 Å². The molecule has 0 saturated heterocycles. The zero-order chi connectivity index (χ0) is 20.4. The maximum Gasteiger partial charge on any atom is 0.184 e. The summed E-state index contributed by atoms with van der Waals surface area (Å²) in [6, 6.07) is 4.54. The lowest BCUT2D eigenvalue weighted by molar-refractivity contribution is 0.235. The van der Waals surface area contributed by atoms with Gasteiger partial charge in [0.15, 0.2) is 17.5 Å². The summed E-state index contributed by atoms with van der Waals surface area (Å²) in [5, 5.41) is 9.35. The fraction of sp³-hybridized carbons (Fsp3) is 0.222. The second-order valence-electron chi connectivity index (χ2n) is 6.35. The van der Waals surface area contributed by atoms with Gasteiger partial charge in [0, 0.05) is 13.0 Å². The molecule has 3 rings (SSSR count). The lowest BCUT2D eigenvalue weighted by Crippen LogP contribution is -2.21. The number of rotatable bonds is 5. The van der Waals surface area contributed by atoms with Crippen LogP contribution in [0.1, 0.15) is 11.4 Å². The van der Waals surface area contributed by atoms with E-state index in [1.807, 2.05) is 24.5 Å². The van der Waals surface area contributed by atoms with Gasteiger partial charge in [0.25, 0.3) is 0 Å². The molecule has 2 aromatic carbocycles. The molecule has 0 aliphatic rings. The fourth-order valence-corrected chi connectivity index (χ4v) is 2.79. The van der Waals surface area contributed by atoms with Crippen molar-refractivity contribution < 1.29 is 18.4 Å². The van der Waals surface area contributed by atoms with Crippen molar-refractivity contribution in [3.05, 3.63) is 58.1 Å². The van der Waals surface area contributed by atoms with Gasteiger partial charge in [-0.05, 0) is 38.4 Å². The van der Waals surface area contributed by atoms with Crippen molar-refractivity contribution in [2.24, 2.45) is 4.99 Å². The van der Waals surface area contributed by atoms with Crippen LogP contribution in [-0.4, -0.2) is 46.6 Å². The molecule has 0 amide bonds. The maximum absolute atomic E-state index is 14.2. The summed E-state index contributed by atoms with van der Waals surface area (Å²) in [4.78, 5) is 13.1. The number of imidazole rings is 1. The predicted molar refractivity (Wildman–Crippen MR) is 101 cm³/mol. The van der Waals surface area contributed by atoms with Crippen molar-refractivity contribution >= 4 is 34.2 Å². The largest absolute Gasteiger partial charge is 0.339 e. The molecule has 3 aromatic rings. The van der Waals surface area contributed by atoms with Crippen LogP contribution in [0.15, 0.2) is 29.3 Å². The van der Waals surface area contributed by atoms with Gasteiger partial charge in [0.05, 0.1) is 16.3 Å². The Labute approximate surface area is 163 Å². The molecule has 148 valence electrons. The summed E-state index contributed by atoms with van der Waals surface area (Å²) in [5.74, 6) is -2.59. The molecule has 0 radical (unpaired) electrons. The fourth-order valence-electron chi connectivity index (χ4n) is 2.61. The third-order valence-corrected chi connectivity index (χ3v) is 4.30. The molecule has 0 saturated carbocycles. The molecule has 0 bridgehead atoms. The third kappa shape index (κ3) is 4.11. The van der Waals surface area contributed by atoms with Gasteiger partial charge in [-0.25, -0.2) is 23.1 Å². The Kier molecular flexibility index (Phi) is 5.87. The first-order chi connectivity index (χ1) is 13.3. The second-order valence-corrected chi connectivity index (χ2v) is 6.76. The molecule has 0 aliphatic carbocycles. The van der Waals surface area contributed by atoms with E-state index in [2.05, 4.69) is 15.0 Å². The monoisotopic (exact) mass is 411 g/mol. The first-order valence-electron chi connectivity index (χ1n) is 8.25. The molecule has 1 heterocycles. The van der Waals surface area contributed by atoms with Gasteiger partial charge in [0.1, 0.15) is 22.7 Å². The number of likely N-dealkylation sites (N-methyl/N-ethyl adjacent to an activating group) is 1. The number of benzene rings is 2. The SMILES string of the molecule is CN(C)CCc1nc2c(C(=Nc3ccc(F)c(Cl)c3)NO)cc(F)c(F)c2[nH]1. The summed E-state index contributed by atoms with van der Waals surface area (Å²) in [6.07, 6.45) is 0.481. The Balaban J connectivity index is 2.12. The van der Waals surface area contributed by atoms with E-state index in [1.54, 1.807) is 0 Å². The average Bonchev–Trinajstić information content (AvgIpc) is 3.08. The quantitative estimate of drug-likeness (QED) is 0.339. The van der Waals surface area contributed by atoms with Crippen molar-refractivity contribution in [1.82, 2.24) is 20.3 Å². The van der Waals surface area contributed by atoms with Crippen LogP contribution in [0.25, 0.3) is 11.0 Å². The lowest BCUT2D eigenvalue weighted by atomic mass is 10.1. The number of aromatic nitrogens is 2. The number of hydrogen-bond donors (Lipinski definition) is 3. The van der Waals surface area contributed by atoms with E-state index in [0.29, 0.717) is 18.8 Å². The van der Waals surface area contributed by atoms with E-state index >= 15 is 0 Å². The number of nitrogens with zero attached hydrogens (tertiary/aromatic N) is 3. The average molecular weight is 412 g/mol. The molecule has 0 fully saturated rings. The summed E-state index contributed by atoms with van der Waals surface area (Å²) in [5.41, 5.74) is 2.05. The summed E-state index contributed by atoms with van der Waals surface area (Å²) >= 11 is 5.73. The first-order valence-corrected chi connectivity index (χ1v) is 8.63. The molecule has 0 spiro atoms. The van der Waals surface area contributed by atoms with Gasteiger partial charge in [-0.1, -0.05) is 11.6 Å². The number of amidine groups is 1. The number of nitrogens with one attached hydrogen (secondary N) is 2. The lowest BCUT2D eigenvalue weighted by Gasteiger charge is -2.07. The Bertz CT molecular complexity index is 1050. The van der Waals surface area contributed by atoms with Gasteiger partial charge in [-0.15, -0.1) is 0 Å². The van der Waals surface area contributed by atoms with Gasteiger partial charge in [0.2, 0.25) is 0 Å². The van der Waals surface area contributed by atoms with E-state index in [-0.39, 0.29) is 33.1 Å². The van der Waals surface area contributed by atoms with Gasteiger partial charge >= 0.3 is 0 Å². The summed E-state index contributed by atoms with van der Waals surface area (Å²) < 4.78 is 41.7. The zero-order valence-corrected chi connectivity index (χ0v) is 15.8. The highest BCUT2D eigenvalue weighted by atomic mass is 35.5. The minimum Gasteiger partial charge on any atom is -0.339 e. The zero-order valence-electron chi connectivity index (χ0n) is 15.0. The molecular formula is C18H17ClF3N5O. The van der Waals surface area contributed by atoms with Crippen LogP contribution in [-0.2, 0) is 6.42 Å². The Morgan fingerprint density at radius 2 is 2.00 bits per heavy atom. The van der Waals surface area contributed by atoms with E-state index in [1.165, 1.54) is 12.1 Å². The maximum atomic E-state index is 14.2. The third-order valence-electron chi connectivity index (χ3n) is 4.01. The molecule has 0 atom stereocenters. The van der Waals surface area contributed by atoms with Crippen molar-refractivity contribution in [3.8, 4) is 0 Å². The Morgan fingerprint density at radius 1 is 1.25 bits per heavy atom. The van der Waals surface area contributed by atoms with Crippen LogP contribution in [0.3, 0.4) is 0 Å². The second kappa shape index (κ2) is 8.17. The van der Waals surface area contributed by atoms with Crippen LogP contribution >= 0.6 is 11.6 Å². The molecular weight excluding hydrogens is 395 g/mol. The van der Waals surface area contributed by atoms with Gasteiger partial charge in [-0.3, -0.25) is 10.7 Å². The molecule has 28 heavy (non-hydrogen) atoms. The predicted octanol–water partition coefficient (Wildman–Crippen LogP) is 3.79. The highest BCUT2D eigenvalue weighted by molar-refractivity contribution is 6.31. The standard InChI is InChI=1S/C18H17ClF3N5O/c1-27(2)6-5-14-24-16-10(8-13(21)15(22)17(16)25-14)18(26-28)23-9-3-4-12(20)11(19)7-9/h3-4,7-8,28H,5-6H2,1-2H3,(H,23,26)(H,24,25). The van der Waals surface area contributed by atoms with E-state index in [9.17, 15) is 18.4 Å². The minimum absolute atomic E-state index is 0.0317. The number of H-pyrrole nitrogens is 1. The number of aromatic amines is 1. The molecule has 10 heteroatoms. The number of halogens is 4. The minimum atomic E-state index is -1.13. The number of hydroxylamine groups is 1. The number of aliphatic imine (C=N–C) groups is 1. The van der Waals surface area contributed by atoms with E-state index in [0.717, 1.165) is 12.1 Å². The molecule has 0 aliphatic heterocycles. The van der Waals surface area contributed by atoms with E-state index < -0.39 is 17.5 Å². The highest BCUT2D eigenvalue weighted by Crippen LogP contribution is 2.26. The molecule has 0 unspecified atom stereocenters. The topological polar surface area (TPSA) is 76.5 Å². The van der Waals surface area contributed by atoms with Crippen LogP contribution in [0.2, 0.25) is 5.02 Å². The first kappa shape index (κ1) is 20.1. The van der Waals surface area contributed by atoms with Gasteiger partial charge < -0.3 is 9.88 Å². The molecule has 1 aromatic heterocycles. The highest BCUT2D eigenvalue weighted by Gasteiger charge is 2.20. The number of fused-ring (bicyclic) bond motifs is 1. The van der Waals surface area contributed by atoms with Crippen LogP contribution < -0.4 is 5.48 Å². The molecule has 3 N–H and O–H groups in total. The Morgan fingerprint density at radius 3 is 2.64 bits per heavy atom. The summed E-state index contributed by atoms with van der Waals surface area (Å²) in [7, 11) is 3.76. The van der Waals surface area contributed by atoms with Crippen LogP contribution in [0.5, 0.6) is 0 Å². The van der Waals surface area contributed by atoms with Crippen molar-refractivity contribution in [2.45, 2.75) is 6.42 Å². The van der Waals surface area contributed by atoms with E-state index in [4.69, 9.17) is 11.6 Å².